The second-order valence-electron chi connectivity index (χ2n) is 4.79. The fourth-order valence-electron chi connectivity index (χ4n) is 2.11. The highest BCUT2D eigenvalue weighted by molar-refractivity contribution is 7.17. The molecule has 0 bridgehead atoms. The van der Waals surface area contributed by atoms with E-state index in [-0.39, 0.29) is 5.13 Å². The zero-order chi connectivity index (χ0) is 18.6. The van der Waals surface area contributed by atoms with E-state index in [1.807, 2.05) is 0 Å². The van der Waals surface area contributed by atoms with Crippen molar-refractivity contribution in [2.75, 3.05) is 33.8 Å². The molecule has 0 radical (unpaired) electrons. The smallest absolute Gasteiger partial charge is 0.350 e. The van der Waals surface area contributed by atoms with Gasteiger partial charge in [-0.2, -0.15) is 0 Å². The predicted octanol–water partition coefficient (Wildman–Crippen LogP) is 2.52. The van der Waals surface area contributed by atoms with Crippen molar-refractivity contribution in [1.82, 2.24) is 4.98 Å². The maximum Gasteiger partial charge on any atom is 0.350 e. The van der Waals surface area contributed by atoms with E-state index in [4.69, 9.17) is 14.2 Å². The molecule has 1 amide bonds. The molecule has 0 spiro atoms. The molecule has 0 aliphatic carbocycles. The molecule has 9 heteroatoms. The minimum Gasteiger partial charge on any atom is -0.493 e. The highest BCUT2D eigenvalue weighted by Crippen LogP contribution is 2.38. The summed E-state index contributed by atoms with van der Waals surface area (Å²) in [6.45, 7) is 1.66. The number of hydrogen-bond acceptors (Lipinski definition) is 8. The van der Waals surface area contributed by atoms with E-state index in [1.54, 1.807) is 6.92 Å². The van der Waals surface area contributed by atoms with Crippen LogP contribution in [0.4, 0.5) is 5.13 Å². The number of nitrogens with zero attached hydrogens (tertiary/aromatic N) is 1. The van der Waals surface area contributed by atoms with Gasteiger partial charge in [0.25, 0.3) is 5.91 Å². The molecule has 0 saturated carbocycles. The van der Waals surface area contributed by atoms with E-state index in [1.165, 1.54) is 40.6 Å². The Morgan fingerprint density at radius 3 is 2.12 bits per heavy atom. The maximum atomic E-state index is 12.5. The van der Waals surface area contributed by atoms with Crippen LogP contribution in [0.5, 0.6) is 17.2 Å². The Hall–Kier alpha value is -2.81. The molecule has 8 nitrogen and oxygen atoms in total. The third kappa shape index (κ3) is 3.82. The molecule has 0 atom stereocenters. The molecule has 1 heterocycles. The molecule has 1 N–H and O–H groups in total. The standard InChI is InChI=1S/C16H18N2O6S/c1-8-13(15(20)24-5)25-16(17-8)18-14(19)9-6-10(21-2)12(23-4)11(7-9)22-3/h6-7H,1-5H3,(H,17,18,19). The van der Waals surface area contributed by atoms with Crippen LogP contribution < -0.4 is 19.5 Å². The number of hydrogen-bond donors (Lipinski definition) is 1. The summed E-state index contributed by atoms with van der Waals surface area (Å²) in [7, 11) is 5.69. The Labute approximate surface area is 148 Å². The van der Waals surface area contributed by atoms with Gasteiger partial charge < -0.3 is 18.9 Å². The van der Waals surface area contributed by atoms with Crippen LogP contribution in [0.3, 0.4) is 0 Å². The molecular weight excluding hydrogens is 348 g/mol. The van der Waals surface area contributed by atoms with Crippen LogP contribution in [-0.4, -0.2) is 45.3 Å². The third-order valence-electron chi connectivity index (χ3n) is 3.31. The minimum absolute atomic E-state index is 0.289. The number of anilines is 1. The first-order valence-corrected chi connectivity index (χ1v) is 7.93. The van der Waals surface area contributed by atoms with Gasteiger partial charge in [0.2, 0.25) is 5.75 Å². The van der Waals surface area contributed by atoms with Crippen molar-refractivity contribution in [2.24, 2.45) is 0 Å². The highest BCUT2D eigenvalue weighted by atomic mass is 32.1. The summed E-state index contributed by atoms with van der Waals surface area (Å²) in [4.78, 5) is 28.6. The third-order valence-corrected chi connectivity index (χ3v) is 4.37. The number of amides is 1. The molecule has 134 valence electrons. The van der Waals surface area contributed by atoms with Crippen LogP contribution in [0.15, 0.2) is 12.1 Å². The summed E-state index contributed by atoms with van der Waals surface area (Å²) in [5.41, 5.74) is 0.777. The fourth-order valence-corrected chi connectivity index (χ4v) is 2.99. The van der Waals surface area contributed by atoms with E-state index in [9.17, 15) is 9.59 Å². The summed E-state index contributed by atoms with van der Waals surface area (Å²) in [5, 5.41) is 2.94. The van der Waals surface area contributed by atoms with Gasteiger partial charge in [0.15, 0.2) is 16.6 Å². The van der Waals surface area contributed by atoms with Gasteiger partial charge in [0.1, 0.15) is 4.88 Å². The predicted molar refractivity (Wildman–Crippen MR) is 92.2 cm³/mol. The highest BCUT2D eigenvalue weighted by Gasteiger charge is 2.20. The van der Waals surface area contributed by atoms with Crippen molar-refractivity contribution >= 4 is 28.3 Å². The van der Waals surface area contributed by atoms with Crippen LogP contribution in [-0.2, 0) is 4.74 Å². The normalized spacial score (nSPS) is 10.1. The lowest BCUT2D eigenvalue weighted by Crippen LogP contribution is -2.12. The van der Waals surface area contributed by atoms with E-state index >= 15 is 0 Å². The van der Waals surface area contributed by atoms with Gasteiger partial charge in [-0.05, 0) is 19.1 Å². The van der Waals surface area contributed by atoms with Gasteiger partial charge in [-0.1, -0.05) is 11.3 Å². The molecule has 0 fully saturated rings. The number of nitrogens with one attached hydrogen (secondary N) is 1. The summed E-state index contributed by atoms with van der Waals surface area (Å²) in [6, 6.07) is 3.05. The van der Waals surface area contributed by atoms with Crippen LogP contribution in [0.25, 0.3) is 0 Å². The largest absolute Gasteiger partial charge is 0.493 e. The van der Waals surface area contributed by atoms with Gasteiger partial charge in [-0.3, -0.25) is 10.1 Å². The molecule has 2 rings (SSSR count). The lowest BCUT2D eigenvalue weighted by Gasteiger charge is -2.13. The van der Waals surface area contributed by atoms with Crippen molar-refractivity contribution in [3.8, 4) is 17.2 Å². The second kappa shape index (κ2) is 7.84. The summed E-state index contributed by atoms with van der Waals surface area (Å²) in [6.07, 6.45) is 0. The number of carbonyl (C=O) groups is 2. The van der Waals surface area contributed by atoms with Gasteiger partial charge in [-0.25, -0.2) is 9.78 Å². The molecule has 0 unspecified atom stereocenters. The van der Waals surface area contributed by atoms with Gasteiger partial charge in [0, 0.05) is 5.56 Å². The molecule has 1 aromatic carbocycles. The zero-order valence-electron chi connectivity index (χ0n) is 14.5. The molecule has 25 heavy (non-hydrogen) atoms. The Morgan fingerprint density at radius 2 is 1.64 bits per heavy atom. The van der Waals surface area contributed by atoms with Gasteiger partial charge in [0.05, 0.1) is 34.1 Å². The number of rotatable bonds is 6. The first-order valence-electron chi connectivity index (χ1n) is 7.12. The quantitative estimate of drug-likeness (QED) is 0.785. The van der Waals surface area contributed by atoms with E-state index in [0.29, 0.717) is 33.4 Å². The van der Waals surface area contributed by atoms with Crippen molar-refractivity contribution in [1.29, 1.82) is 0 Å². The zero-order valence-corrected chi connectivity index (χ0v) is 15.3. The van der Waals surface area contributed by atoms with Crippen molar-refractivity contribution < 1.29 is 28.5 Å². The topological polar surface area (TPSA) is 96.0 Å². The fraction of sp³-hybridized carbons (Fsp3) is 0.312. The summed E-state index contributed by atoms with van der Waals surface area (Å²) < 4.78 is 20.4. The van der Waals surface area contributed by atoms with Gasteiger partial charge in [-0.15, -0.1) is 0 Å². The average molecular weight is 366 g/mol. The van der Waals surface area contributed by atoms with Crippen LogP contribution in [0, 0.1) is 6.92 Å². The molecule has 2 aromatic rings. The molecule has 1 aromatic heterocycles. The SMILES string of the molecule is COC(=O)c1sc(NC(=O)c2cc(OC)c(OC)c(OC)c2)nc1C. The van der Waals surface area contributed by atoms with E-state index in [0.717, 1.165) is 11.3 Å². The van der Waals surface area contributed by atoms with Crippen molar-refractivity contribution in [3.05, 3.63) is 28.3 Å². The second-order valence-corrected chi connectivity index (χ2v) is 5.79. The number of methoxy groups -OCH3 is 4. The Bertz CT molecular complexity index is 777. The number of aryl methyl sites for hydroxylation is 1. The number of aromatic nitrogens is 1. The van der Waals surface area contributed by atoms with Crippen LogP contribution >= 0.6 is 11.3 Å². The van der Waals surface area contributed by atoms with Crippen molar-refractivity contribution in [2.45, 2.75) is 6.92 Å². The minimum atomic E-state index is -0.497. The molecule has 0 aliphatic heterocycles. The Kier molecular flexibility index (Phi) is 5.81. The Morgan fingerprint density at radius 1 is 1.04 bits per heavy atom. The van der Waals surface area contributed by atoms with Crippen LogP contribution in [0.2, 0.25) is 0 Å². The first kappa shape index (κ1) is 18.5. The molecular formula is C16H18N2O6S. The van der Waals surface area contributed by atoms with Crippen LogP contribution in [0.1, 0.15) is 25.7 Å². The molecule has 0 aliphatic rings. The van der Waals surface area contributed by atoms with Gasteiger partial charge >= 0.3 is 5.97 Å². The number of carbonyl (C=O) groups excluding carboxylic acids is 2. The lowest BCUT2D eigenvalue weighted by molar-refractivity contribution is 0.0605. The summed E-state index contributed by atoms with van der Waals surface area (Å²) in [5.74, 6) is 0.183. The molecule has 0 saturated heterocycles. The average Bonchev–Trinajstić information content (AvgIpc) is 2.99. The van der Waals surface area contributed by atoms with E-state index < -0.39 is 11.9 Å². The lowest BCUT2D eigenvalue weighted by atomic mass is 10.1. The first-order chi connectivity index (χ1) is 11.9. The number of esters is 1. The number of ether oxygens (including phenoxy) is 4. The monoisotopic (exact) mass is 366 g/mol. The Balaban J connectivity index is 2.31. The number of benzene rings is 1. The number of thiazole rings is 1. The van der Waals surface area contributed by atoms with Crippen molar-refractivity contribution in [3.63, 3.8) is 0 Å². The maximum absolute atomic E-state index is 12.5. The van der Waals surface area contributed by atoms with E-state index in [2.05, 4.69) is 15.0 Å². The summed E-state index contributed by atoms with van der Waals surface area (Å²) >= 11 is 1.04.